The van der Waals surface area contributed by atoms with Gasteiger partial charge in [0.2, 0.25) is 0 Å². The number of hydrogen-bond acceptors (Lipinski definition) is 5. The molecule has 0 atom stereocenters. The van der Waals surface area contributed by atoms with Crippen molar-refractivity contribution in [2.24, 2.45) is 13.0 Å². The van der Waals surface area contributed by atoms with E-state index in [0.29, 0.717) is 12.5 Å². The minimum absolute atomic E-state index is 0.211. The molecular weight excluding hydrogens is 520 g/mol. The summed E-state index contributed by atoms with van der Waals surface area (Å²) in [4.78, 5) is 18.9. The lowest BCUT2D eigenvalue weighted by Crippen LogP contribution is -2.42. The highest BCUT2D eigenvalue weighted by molar-refractivity contribution is 7.17. The van der Waals surface area contributed by atoms with Crippen LogP contribution in [0.2, 0.25) is 0 Å². The van der Waals surface area contributed by atoms with Gasteiger partial charge >= 0.3 is 6.09 Å². The number of thiophene rings is 1. The van der Waals surface area contributed by atoms with Gasteiger partial charge < -0.3 is 23.5 Å². The van der Waals surface area contributed by atoms with E-state index in [9.17, 15) is 4.79 Å². The molecule has 0 N–H and O–H groups in total. The molecule has 4 aromatic rings. The van der Waals surface area contributed by atoms with E-state index >= 15 is 0 Å². The van der Waals surface area contributed by atoms with Crippen LogP contribution in [0.15, 0.2) is 48.0 Å². The van der Waals surface area contributed by atoms with Crippen molar-refractivity contribution in [2.75, 3.05) is 19.7 Å². The average molecular weight is 563 g/mol. The van der Waals surface area contributed by atoms with Gasteiger partial charge in [0.1, 0.15) is 11.4 Å². The monoisotopic (exact) mass is 562 g/mol. The molecule has 1 aliphatic rings. The van der Waals surface area contributed by atoms with Crippen molar-refractivity contribution < 1.29 is 14.3 Å². The number of amides is 1. The van der Waals surface area contributed by atoms with Gasteiger partial charge in [-0.25, -0.2) is 9.78 Å². The summed E-state index contributed by atoms with van der Waals surface area (Å²) in [5, 5.41) is 2.14. The highest BCUT2D eigenvalue weighted by Gasteiger charge is 2.27. The molecule has 0 bridgehead atoms. The van der Waals surface area contributed by atoms with E-state index in [1.54, 1.807) is 11.3 Å². The van der Waals surface area contributed by atoms with Crippen LogP contribution in [-0.2, 0) is 31.2 Å². The number of carbonyl (C=O) groups is 1. The normalized spacial score (nSPS) is 14.7. The standard InChI is InChI=1S/C32H42N4O3S/c1-6-25-21-33-30(28-20-29-27(34(28)5)15-19-40-29)36(25)16-7-8-23-9-11-26(12-10-23)38-22-24-13-17-35(18-14-24)31(37)39-32(2,3)4/h9-12,15,19-21,24H,6-8,13-14,16-18,22H2,1-5H3. The van der Waals surface area contributed by atoms with Crippen molar-refractivity contribution in [3.05, 3.63) is 59.2 Å². The maximum Gasteiger partial charge on any atom is 0.410 e. The minimum Gasteiger partial charge on any atom is -0.493 e. The molecule has 1 saturated heterocycles. The third-order valence-electron chi connectivity index (χ3n) is 7.72. The molecule has 214 valence electrons. The second-order valence-corrected chi connectivity index (χ2v) is 12.8. The number of aryl methyl sites for hydroxylation is 3. The molecular formula is C32H42N4O3S. The number of ether oxygens (including phenoxy) is 2. The number of rotatable bonds is 9. The molecule has 3 aromatic heterocycles. The predicted molar refractivity (Wildman–Crippen MR) is 162 cm³/mol. The molecule has 1 amide bonds. The van der Waals surface area contributed by atoms with E-state index in [1.165, 1.54) is 27.2 Å². The number of nitrogens with zero attached hydrogens (tertiary/aromatic N) is 4. The molecule has 0 saturated carbocycles. The zero-order valence-corrected chi connectivity index (χ0v) is 25.3. The fourth-order valence-electron chi connectivity index (χ4n) is 5.43. The highest BCUT2D eigenvalue weighted by atomic mass is 32.1. The van der Waals surface area contributed by atoms with Gasteiger partial charge in [0, 0.05) is 38.6 Å². The molecule has 40 heavy (non-hydrogen) atoms. The maximum absolute atomic E-state index is 12.3. The van der Waals surface area contributed by atoms with Crippen molar-refractivity contribution >= 4 is 27.6 Å². The summed E-state index contributed by atoms with van der Waals surface area (Å²) in [5.74, 6) is 2.42. The van der Waals surface area contributed by atoms with Gasteiger partial charge in [-0.1, -0.05) is 19.1 Å². The van der Waals surface area contributed by atoms with Crippen LogP contribution in [0.1, 0.15) is 58.2 Å². The van der Waals surface area contributed by atoms with Crippen molar-refractivity contribution in [3.63, 3.8) is 0 Å². The van der Waals surface area contributed by atoms with Gasteiger partial charge in [0.05, 0.1) is 22.5 Å². The Morgan fingerprint density at radius 1 is 1.12 bits per heavy atom. The number of aromatic nitrogens is 3. The lowest BCUT2D eigenvalue weighted by molar-refractivity contribution is 0.0165. The highest BCUT2D eigenvalue weighted by Crippen LogP contribution is 2.31. The predicted octanol–water partition coefficient (Wildman–Crippen LogP) is 7.32. The Labute approximate surface area is 241 Å². The zero-order chi connectivity index (χ0) is 28.3. The molecule has 1 fully saturated rings. The van der Waals surface area contributed by atoms with Crippen molar-refractivity contribution in [2.45, 2.75) is 71.9 Å². The zero-order valence-electron chi connectivity index (χ0n) is 24.5. The summed E-state index contributed by atoms with van der Waals surface area (Å²) in [6.07, 6.45) is 6.72. The first-order chi connectivity index (χ1) is 19.2. The average Bonchev–Trinajstić information content (AvgIpc) is 3.63. The summed E-state index contributed by atoms with van der Waals surface area (Å²) < 4.78 is 17.6. The first kappa shape index (κ1) is 28.3. The smallest absolute Gasteiger partial charge is 0.410 e. The third kappa shape index (κ3) is 6.54. The Morgan fingerprint density at radius 2 is 1.88 bits per heavy atom. The topological polar surface area (TPSA) is 61.5 Å². The number of likely N-dealkylation sites (tertiary alicyclic amines) is 1. The maximum atomic E-state index is 12.3. The molecule has 0 unspecified atom stereocenters. The van der Waals surface area contributed by atoms with E-state index < -0.39 is 5.60 Å². The Hall–Kier alpha value is -3.26. The number of carbonyl (C=O) groups excluding carboxylic acids is 1. The summed E-state index contributed by atoms with van der Waals surface area (Å²) in [5.41, 5.74) is 4.58. The van der Waals surface area contributed by atoms with Crippen LogP contribution in [-0.4, -0.2) is 50.4 Å². The fraction of sp³-hybridized carbons (Fsp3) is 0.500. The number of imidazole rings is 1. The lowest BCUT2D eigenvalue weighted by Gasteiger charge is -2.33. The number of fused-ring (bicyclic) bond motifs is 1. The molecule has 4 heterocycles. The van der Waals surface area contributed by atoms with Crippen LogP contribution in [0, 0.1) is 5.92 Å². The largest absolute Gasteiger partial charge is 0.493 e. The van der Waals surface area contributed by atoms with Gasteiger partial charge in [0.15, 0.2) is 5.82 Å². The fourth-order valence-corrected chi connectivity index (χ4v) is 6.28. The SMILES string of the molecule is CCc1cnc(-c2cc3sccc3n2C)n1CCCc1ccc(OCC2CCN(C(=O)OC(C)(C)C)CC2)cc1. The van der Waals surface area contributed by atoms with Crippen LogP contribution in [0.3, 0.4) is 0 Å². The van der Waals surface area contributed by atoms with Crippen molar-refractivity contribution in [1.29, 1.82) is 0 Å². The van der Waals surface area contributed by atoms with Crippen molar-refractivity contribution in [1.82, 2.24) is 19.0 Å². The van der Waals surface area contributed by atoms with E-state index in [1.807, 2.05) is 31.9 Å². The summed E-state index contributed by atoms with van der Waals surface area (Å²) in [6, 6.07) is 13.0. The van der Waals surface area contributed by atoms with E-state index in [4.69, 9.17) is 14.5 Å². The van der Waals surface area contributed by atoms with Gasteiger partial charge in [-0.05, 0) is 94.0 Å². The van der Waals surface area contributed by atoms with Crippen LogP contribution in [0.25, 0.3) is 21.7 Å². The van der Waals surface area contributed by atoms with E-state index in [2.05, 4.69) is 64.9 Å². The van der Waals surface area contributed by atoms with Gasteiger partial charge in [-0.15, -0.1) is 11.3 Å². The second kappa shape index (κ2) is 12.1. The van der Waals surface area contributed by atoms with E-state index in [0.717, 1.165) is 63.3 Å². The summed E-state index contributed by atoms with van der Waals surface area (Å²) >= 11 is 1.78. The van der Waals surface area contributed by atoms with Gasteiger partial charge in [-0.3, -0.25) is 0 Å². The summed E-state index contributed by atoms with van der Waals surface area (Å²) in [6.45, 7) is 11.0. The number of hydrogen-bond donors (Lipinski definition) is 0. The molecule has 1 aromatic carbocycles. The lowest BCUT2D eigenvalue weighted by atomic mass is 9.98. The Balaban J connectivity index is 1.10. The molecule has 7 nitrogen and oxygen atoms in total. The van der Waals surface area contributed by atoms with Crippen LogP contribution in [0.4, 0.5) is 4.79 Å². The molecule has 0 radical (unpaired) electrons. The Morgan fingerprint density at radius 3 is 2.55 bits per heavy atom. The molecule has 0 aliphatic carbocycles. The first-order valence-corrected chi connectivity index (χ1v) is 15.4. The number of piperidine rings is 1. The van der Waals surface area contributed by atoms with Crippen LogP contribution < -0.4 is 4.74 Å². The molecule has 1 aliphatic heterocycles. The quantitative estimate of drug-likeness (QED) is 0.214. The van der Waals surface area contributed by atoms with Crippen LogP contribution in [0.5, 0.6) is 5.75 Å². The van der Waals surface area contributed by atoms with Gasteiger partial charge in [-0.2, -0.15) is 0 Å². The molecule has 5 rings (SSSR count). The Kier molecular flexibility index (Phi) is 8.54. The third-order valence-corrected chi connectivity index (χ3v) is 8.57. The first-order valence-electron chi connectivity index (χ1n) is 14.5. The van der Waals surface area contributed by atoms with Crippen LogP contribution >= 0.6 is 11.3 Å². The van der Waals surface area contributed by atoms with E-state index in [-0.39, 0.29) is 6.09 Å². The molecule has 8 heteroatoms. The van der Waals surface area contributed by atoms with Crippen molar-refractivity contribution in [3.8, 4) is 17.3 Å². The summed E-state index contributed by atoms with van der Waals surface area (Å²) in [7, 11) is 2.13. The minimum atomic E-state index is -0.455. The second-order valence-electron chi connectivity index (χ2n) is 11.8. The molecule has 0 spiro atoms. The number of benzene rings is 1. The Bertz CT molecular complexity index is 1420. The van der Waals surface area contributed by atoms with Gasteiger partial charge in [0.25, 0.3) is 0 Å².